The molecule has 0 aromatic heterocycles. The fourth-order valence-electron chi connectivity index (χ4n) is 3.19. The number of hydrogen-bond acceptors (Lipinski definition) is 5. The number of hydrogen-bond donors (Lipinski definition) is 1. The third-order valence-electron chi connectivity index (χ3n) is 4.59. The van der Waals surface area contributed by atoms with Crippen molar-refractivity contribution in [1.29, 1.82) is 0 Å². The molecule has 0 radical (unpaired) electrons. The average Bonchev–Trinajstić information content (AvgIpc) is 3.22. The molecule has 1 fully saturated rings. The van der Waals surface area contributed by atoms with E-state index in [1.165, 1.54) is 48.3 Å². The third kappa shape index (κ3) is 5.61. The number of ether oxygens (including phenoxy) is 2. The predicted octanol–water partition coefficient (Wildman–Crippen LogP) is 4.56. The molecule has 142 valence electrons. The molecule has 0 atom stereocenters. The number of nitrogens with one attached hydrogen (secondary N) is 1. The highest BCUT2D eigenvalue weighted by atomic mass is 32.2. The van der Waals surface area contributed by atoms with Crippen molar-refractivity contribution in [3.63, 3.8) is 0 Å². The van der Waals surface area contributed by atoms with Gasteiger partial charge in [0.25, 0.3) is 5.91 Å². The minimum absolute atomic E-state index is 0.0156. The molecule has 1 aliphatic heterocycles. The predicted molar refractivity (Wildman–Crippen MR) is 110 cm³/mol. The Kier molecular flexibility index (Phi) is 7.62. The summed E-state index contributed by atoms with van der Waals surface area (Å²) in [5.41, 5.74) is 2.71. The molecule has 1 amide bonds. The van der Waals surface area contributed by atoms with Crippen molar-refractivity contribution in [2.75, 3.05) is 31.8 Å². The van der Waals surface area contributed by atoms with Gasteiger partial charge in [0.1, 0.15) is 0 Å². The number of methoxy groups -OCH3 is 1. The summed E-state index contributed by atoms with van der Waals surface area (Å²) < 4.78 is 11.6. The Morgan fingerprint density at radius 3 is 2.81 bits per heavy atom. The zero-order valence-electron chi connectivity index (χ0n) is 15.3. The second-order valence-electron chi connectivity index (χ2n) is 6.48. The van der Waals surface area contributed by atoms with Crippen molar-refractivity contribution < 1.29 is 14.3 Å². The lowest BCUT2D eigenvalue weighted by molar-refractivity contribution is -0.123. The van der Waals surface area contributed by atoms with E-state index < -0.39 is 0 Å². The molecule has 1 aromatic carbocycles. The van der Waals surface area contributed by atoms with Gasteiger partial charge >= 0.3 is 0 Å². The molecule has 4 nitrogen and oxygen atoms in total. The van der Waals surface area contributed by atoms with Crippen LogP contribution in [0, 0.1) is 0 Å². The van der Waals surface area contributed by atoms with E-state index in [4.69, 9.17) is 9.47 Å². The van der Waals surface area contributed by atoms with Crippen LogP contribution in [-0.2, 0) is 4.79 Å². The number of thioether (sulfide) groups is 2. The van der Waals surface area contributed by atoms with Gasteiger partial charge in [-0.25, -0.2) is 0 Å². The maximum atomic E-state index is 12.0. The van der Waals surface area contributed by atoms with Crippen LogP contribution >= 0.6 is 23.5 Å². The van der Waals surface area contributed by atoms with E-state index in [0.717, 1.165) is 6.42 Å². The van der Waals surface area contributed by atoms with E-state index in [2.05, 4.69) is 17.5 Å². The first kappa shape index (κ1) is 19.5. The van der Waals surface area contributed by atoms with E-state index in [0.29, 0.717) is 22.6 Å². The van der Waals surface area contributed by atoms with E-state index in [9.17, 15) is 4.79 Å². The highest BCUT2D eigenvalue weighted by Crippen LogP contribution is 2.46. The van der Waals surface area contributed by atoms with Crippen LogP contribution < -0.4 is 14.8 Å². The molecule has 0 spiro atoms. The minimum Gasteiger partial charge on any atom is -0.493 e. The lowest BCUT2D eigenvalue weighted by Crippen LogP contribution is -2.30. The molecule has 6 heteroatoms. The summed E-state index contributed by atoms with van der Waals surface area (Å²) in [6.45, 7) is 0.696. The van der Waals surface area contributed by atoms with Gasteiger partial charge in [0.2, 0.25) is 0 Å². The van der Waals surface area contributed by atoms with Crippen LogP contribution in [0.3, 0.4) is 0 Å². The summed E-state index contributed by atoms with van der Waals surface area (Å²) in [6, 6.07) is 6.01. The molecule has 1 saturated heterocycles. The first-order valence-corrected chi connectivity index (χ1v) is 11.3. The fraction of sp³-hybridized carbons (Fsp3) is 0.550. The lowest BCUT2D eigenvalue weighted by Gasteiger charge is -2.15. The Morgan fingerprint density at radius 1 is 1.23 bits per heavy atom. The fourth-order valence-corrected chi connectivity index (χ4v) is 6.03. The number of benzene rings is 1. The second-order valence-corrected chi connectivity index (χ2v) is 9.20. The Balaban J connectivity index is 1.45. The first-order chi connectivity index (χ1) is 12.8. The molecule has 0 saturated carbocycles. The Hall–Kier alpha value is -1.27. The third-order valence-corrected chi connectivity index (χ3v) is 7.70. The topological polar surface area (TPSA) is 47.6 Å². The molecule has 0 unspecified atom stereocenters. The summed E-state index contributed by atoms with van der Waals surface area (Å²) in [4.78, 5) is 12.0. The standard InChI is InChI=1S/C20H27NO3S2/c1-23-18-13-16(20-25-11-12-26-20)7-8-17(18)24-14-19(22)21-10-9-15-5-3-2-4-6-15/h5,7-8,13,20H,2-4,6,9-12,14H2,1H3,(H,21,22). The molecule has 1 heterocycles. The first-order valence-electron chi connectivity index (χ1n) is 9.25. The lowest BCUT2D eigenvalue weighted by atomic mass is 9.97. The molecule has 26 heavy (non-hydrogen) atoms. The average molecular weight is 394 g/mol. The van der Waals surface area contributed by atoms with E-state index in [1.54, 1.807) is 7.11 Å². The van der Waals surface area contributed by atoms with Crippen molar-refractivity contribution in [3.05, 3.63) is 35.4 Å². The largest absolute Gasteiger partial charge is 0.493 e. The van der Waals surface area contributed by atoms with E-state index in [1.807, 2.05) is 35.7 Å². The summed E-state index contributed by atoms with van der Waals surface area (Å²) in [5, 5.41) is 2.94. The van der Waals surface area contributed by atoms with Crippen LogP contribution in [0.2, 0.25) is 0 Å². The second kappa shape index (κ2) is 10.2. The quantitative estimate of drug-likeness (QED) is 0.656. The Bertz CT molecular complexity index is 642. The molecule has 1 aliphatic carbocycles. The molecule has 2 aliphatic rings. The van der Waals surface area contributed by atoms with E-state index in [-0.39, 0.29) is 12.5 Å². The van der Waals surface area contributed by atoms with Crippen molar-refractivity contribution in [2.45, 2.75) is 36.7 Å². The highest BCUT2D eigenvalue weighted by Gasteiger charge is 2.20. The molecular formula is C20H27NO3S2. The van der Waals surface area contributed by atoms with Crippen LogP contribution in [0.25, 0.3) is 0 Å². The molecule has 1 aromatic rings. The van der Waals surface area contributed by atoms with Crippen molar-refractivity contribution >= 4 is 29.4 Å². The summed E-state index contributed by atoms with van der Waals surface area (Å²) in [5.74, 6) is 3.60. The van der Waals surface area contributed by atoms with Crippen LogP contribution in [0.15, 0.2) is 29.8 Å². The van der Waals surface area contributed by atoms with Crippen LogP contribution in [0.1, 0.15) is 42.2 Å². The van der Waals surface area contributed by atoms with Gasteiger partial charge in [0, 0.05) is 18.1 Å². The van der Waals surface area contributed by atoms with Gasteiger partial charge in [-0.3, -0.25) is 4.79 Å². The van der Waals surface area contributed by atoms with Crippen LogP contribution in [0.4, 0.5) is 0 Å². The SMILES string of the molecule is COc1cc(C2SCCS2)ccc1OCC(=O)NCCC1=CCCCC1. The van der Waals surface area contributed by atoms with Gasteiger partial charge in [-0.15, -0.1) is 23.5 Å². The van der Waals surface area contributed by atoms with Crippen molar-refractivity contribution in [2.24, 2.45) is 0 Å². The summed E-state index contributed by atoms with van der Waals surface area (Å²) in [7, 11) is 1.64. The molecule has 3 rings (SSSR count). The zero-order valence-corrected chi connectivity index (χ0v) is 16.9. The van der Waals surface area contributed by atoms with Crippen LogP contribution in [0.5, 0.6) is 11.5 Å². The van der Waals surface area contributed by atoms with Gasteiger partial charge in [-0.05, 0) is 49.8 Å². The van der Waals surface area contributed by atoms with Gasteiger partial charge in [-0.1, -0.05) is 17.7 Å². The number of rotatable bonds is 8. The summed E-state index contributed by atoms with van der Waals surface area (Å²) >= 11 is 3.91. The van der Waals surface area contributed by atoms with Crippen molar-refractivity contribution in [3.8, 4) is 11.5 Å². The monoisotopic (exact) mass is 393 g/mol. The normalized spacial score (nSPS) is 17.7. The summed E-state index contributed by atoms with van der Waals surface area (Å²) in [6.07, 6.45) is 8.19. The number of carbonyl (C=O) groups excluding carboxylic acids is 1. The van der Waals surface area contributed by atoms with Gasteiger partial charge in [0.05, 0.1) is 11.7 Å². The maximum Gasteiger partial charge on any atom is 0.257 e. The van der Waals surface area contributed by atoms with Crippen molar-refractivity contribution in [1.82, 2.24) is 5.32 Å². The minimum atomic E-state index is -0.0885. The van der Waals surface area contributed by atoms with Crippen LogP contribution in [-0.4, -0.2) is 37.7 Å². The molecular weight excluding hydrogens is 366 g/mol. The number of carbonyl (C=O) groups is 1. The van der Waals surface area contributed by atoms with Gasteiger partial charge in [-0.2, -0.15) is 0 Å². The molecule has 0 bridgehead atoms. The van der Waals surface area contributed by atoms with Gasteiger partial charge in [0.15, 0.2) is 18.1 Å². The number of amides is 1. The smallest absolute Gasteiger partial charge is 0.257 e. The Labute approximate surface area is 164 Å². The molecule has 1 N–H and O–H groups in total. The number of allylic oxidation sites excluding steroid dienone is 1. The van der Waals surface area contributed by atoms with Gasteiger partial charge < -0.3 is 14.8 Å². The maximum absolute atomic E-state index is 12.0. The van der Waals surface area contributed by atoms with E-state index >= 15 is 0 Å². The zero-order chi connectivity index (χ0) is 18.2. The Morgan fingerprint density at radius 2 is 2.08 bits per heavy atom. The highest BCUT2D eigenvalue weighted by molar-refractivity contribution is 8.19.